The smallest absolute Gasteiger partial charge is 0.231 e. The second kappa shape index (κ2) is 11.4. The molecule has 0 radical (unpaired) electrons. The van der Waals surface area contributed by atoms with E-state index < -0.39 is 0 Å². The molecule has 7 heteroatoms. The van der Waals surface area contributed by atoms with Gasteiger partial charge in [-0.1, -0.05) is 19.9 Å². The van der Waals surface area contributed by atoms with Crippen LogP contribution in [0, 0.1) is 5.92 Å². The number of fused-ring (bicyclic) bond motifs is 1. The fraction of sp³-hybridized carbons (Fsp3) is 0.588. The van der Waals surface area contributed by atoms with Gasteiger partial charge in [-0.05, 0) is 30.0 Å². The second-order valence-electron chi connectivity index (χ2n) is 5.84. The van der Waals surface area contributed by atoms with Gasteiger partial charge < -0.3 is 24.8 Å². The Bertz CT molecular complexity index is 524. The zero-order chi connectivity index (χ0) is 16.5. The van der Waals surface area contributed by atoms with Gasteiger partial charge in [-0.15, -0.1) is 24.0 Å². The fourth-order valence-electron chi connectivity index (χ4n) is 2.12. The Hall–Kier alpha value is -1.22. The lowest BCUT2D eigenvalue weighted by atomic mass is 10.1. The van der Waals surface area contributed by atoms with Gasteiger partial charge in [-0.25, -0.2) is 0 Å². The maximum atomic E-state index is 5.58. The minimum absolute atomic E-state index is 0. The van der Waals surface area contributed by atoms with Crippen molar-refractivity contribution in [2.75, 3.05) is 33.6 Å². The third kappa shape index (κ3) is 7.12. The van der Waals surface area contributed by atoms with Crippen molar-refractivity contribution in [3.8, 4) is 11.5 Å². The van der Waals surface area contributed by atoms with E-state index in [9.17, 15) is 0 Å². The van der Waals surface area contributed by atoms with Crippen molar-refractivity contribution in [3.63, 3.8) is 0 Å². The zero-order valence-electron chi connectivity index (χ0n) is 14.6. The third-order valence-electron chi connectivity index (χ3n) is 3.50. The van der Waals surface area contributed by atoms with Gasteiger partial charge in [0.2, 0.25) is 6.79 Å². The highest BCUT2D eigenvalue weighted by molar-refractivity contribution is 14.0. The highest BCUT2D eigenvalue weighted by Crippen LogP contribution is 2.32. The molecule has 1 aliphatic heterocycles. The number of rotatable bonds is 8. The van der Waals surface area contributed by atoms with Gasteiger partial charge in [0.25, 0.3) is 0 Å². The molecule has 0 bridgehead atoms. The summed E-state index contributed by atoms with van der Waals surface area (Å²) in [5.74, 6) is 3.04. The minimum atomic E-state index is 0. The number of benzene rings is 1. The van der Waals surface area contributed by atoms with Crippen molar-refractivity contribution >= 4 is 29.9 Å². The Morgan fingerprint density at radius 1 is 1.21 bits per heavy atom. The maximum absolute atomic E-state index is 5.58. The summed E-state index contributed by atoms with van der Waals surface area (Å²) in [6.45, 7) is 7.59. The Morgan fingerprint density at radius 3 is 2.75 bits per heavy atom. The molecule has 0 saturated carbocycles. The van der Waals surface area contributed by atoms with E-state index in [1.807, 2.05) is 18.2 Å². The molecule has 1 aromatic rings. The van der Waals surface area contributed by atoms with Crippen LogP contribution in [0.15, 0.2) is 23.2 Å². The molecule has 0 spiro atoms. The number of guanidine groups is 1. The molecule has 24 heavy (non-hydrogen) atoms. The molecule has 0 saturated heterocycles. The summed E-state index contributed by atoms with van der Waals surface area (Å²) in [5.41, 5.74) is 1.12. The van der Waals surface area contributed by atoms with E-state index in [-0.39, 0.29) is 24.0 Å². The molecule has 0 amide bonds. The second-order valence-corrected chi connectivity index (χ2v) is 5.84. The van der Waals surface area contributed by atoms with Crippen LogP contribution >= 0.6 is 24.0 Å². The monoisotopic (exact) mass is 449 g/mol. The van der Waals surface area contributed by atoms with Gasteiger partial charge in [0, 0.05) is 26.7 Å². The summed E-state index contributed by atoms with van der Waals surface area (Å²) in [5, 5.41) is 6.51. The van der Waals surface area contributed by atoms with Gasteiger partial charge in [0.1, 0.15) is 0 Å². The van der Waals surface area contributed by atoms with E-state index in [0.29, 0.717) is 25.9 Å². The van der Waals surface area contributed by atoms with Crippen molar-refractivity contribution in [3.05, 3.63) is 23.8 Å². The van der Waals surface area contributed by atoms with Gasteiger partial charge >= 0.3 is 0 Å². The number of ether oxygens (including phenoxy) is 3. The van der Waals surface area contributed by atoms with Gasteiger partial charge in [-0.3, -0.25) is 4.99 Å². The van der Waals surface area contributed by atoms with E-state index >= 15 is 0 Å². The molecular weight excluding hydrogens is 421 g/mol. The van der Waals surface area contributed by atoms with Gasteiger partial charge in [0.05, 0.1) is 6.61 Å². The number of nitrogens with one attached hydrogen (secondary N) is 2. The van der Waals surface area contributed by atoms with Gasteiger partial charge in [-0.2, -0.15) is 0 Å². The lowest BCUT2D eigenvalue weighted by molar-refractivity contribution is 0.128. The third-order valence-corrected chi connectivity index (χ3v) is 3.50. The standard InChI is InChI=1S/C17H27N3O3.HI/c1-13(2)6-8-21-9-7-19-17(18-3)20-11-14-4-5-15-16(10-14)23-12-22-15;/h4-5,10,13H,6-9,11-12H2,1-3H3,(H2,18,19,20);1H. The quantitative estimate of drug-likeness (QED) is 0.277. The first-order chi connectivity index (χ1) is 11.2. The van der Waals surface area contributed by atoms with Crippen LogP contribution in [0.5, 0.6) is 11.5 Å². The number of hydrogen-bond donors (Lipinski definition) is 2. The number of nitrogens with zero attached hydrogens (tertiary/aromatic N) is 1. The normalized spacial score (nSPS) is 12.9. The Labute approximate surface area is 161 Å². The molecular formula is C17H28IN3O3. The molecule has 0 aromatic heterocycles. The van der Waals surface area contributed by atoms with Crippen LogP contribution in [-0.4, -0.2) is 39.6 Å². The maximum Gasteiger partial charge on any atom is 0.231 e. The van der Waals surface area contributed by atoms with E-state index in [0.717, 1.165) is 42.6 Å². The fourth-order valence-corrected chi connectivity index (χ4v) is 2.12. The van der Waals surface area contributed by atoms with Gasteiger partial charge in [0.15, 0.2) is 17.5 Å². The molecule has 0 aliphatic carbocycles. The molecule has 0 atom stereocenters. The summed E-state index contributed by atoms with van der Waals surface area (Å²) in [4.78, 5) is 4.20. The van der Waals surface area contributed by atoms with E-state index in [1.165, 1.54) is 0 Å². The van der Waals surface area contributed by atoms with Crippen molar-refractivity contribution in [2.45, 2.75) is 26.8 Å². The number of aliphatic imine (C=N–C) groups is 1. The van der Waals surface area contributed by atoms with Crippen LogP contribution in [-0.2, 0) is 11.3 Å². The largest absolute Gasteiger partial charge is 0.454 e. The summed E-state index contributed by atoms with van der Waals surface area (Å²) in [6, 6.07) is 5.93. The SMILES string of the molecule is CN=C(NCCOCCC(C)C)NCc1ccc2c(c1)OCO2.I. The summed E-state index contributed by atoms with van der Waals surface area (Å²) in [6.07, 6.45) is 1.09. The zero-order valence-corrected chi connectivity index (χ0v) is 17.0. The predicted octanol–water partition coefficient (Wildman–Crippen LogP) is 2.76. The number of halogens is 1. The average molecular weight is 449 g/mol. The Balaban J connectivity index is 0.00000288. The molecule has 2 N–H and O–H groups in total. The van der Waals surface area contributed by atoms with Crippen LogP contribution in [0.2, 0.25) is 0 Å². The minimum Gasteiger partial charge on any atom is -0.454 e. The summed E-state index contributed by atoms with van der Waals surface area (Å²) in [7, 11) is 1.76. The predicted molar refractivity (Wildman–Crippen MR) is 106 cm³/mol. The lowest BCUT2D eigenvalue weighted by Gasteiger charge is -2.12. The summed E-state index contributed by atoms with van der Waals surface area (Å²) >= 11 is 0. The molecule has 136 valence electrons. The molecule has 0 unspecified atom stereocenters. The van der Waals surface area contributed by atoms with Crippen molar-refractivity contribution in [1.29, 1.82) is 0 Å². The molecule has 6 nitrogen and oxygen atoms in total. The lowest BCUT2D eigenvalue weighted by Crippen LogP contribution is -2.38. The van der Waals surface area contributed by atoms with Crippen LogP contribution in [0.4, 0.5) is 0 Å². The van der Waals surface area contributed by atoms with Crippen molar-refractivity contribution in [1.82, 2.24) is 10.6 Å². The van der Waals surface area contributed by atoms with Crippen molar-refractivity contribution in [2.24, 2.45) is 10.9 Å². The van der Waals surface area contributed by atoms with Crippen molar-refractivity contribution < 1.29 is 14.2 Å². The Morgan fingerprint density at radius 2 is 2.00 bits per heavy atom. The van der Waals surface area contributed by atoms with Crippen LogP contribution in [0.25, 0.3) is 0 Å². The molecule has 1 aromatic carbocycles. The van der Waals surface area contributed by atoms with E-state index in [2.05, 4.69) is 29.5 Å². The Kier molecular flexibility index (Phi) is 9.85. The molecule has 1 aliphatic rings. The van der Waals surface area contributed by atoms with Crippen LogP contribution < -0.4 is 20.1 Å². The van der Waals surface area contributed by atoms with Crippen LogP contribution in [0.3, 0.4) is 0 Å². The topological polar surface area (TPSA) is 64.1 Å². The van der Waals surface area contributed by atoms with E-state index in [1.54, 1.807) is 7.05 Å². The first-order valence-corrected chi connectivity index (χ1v) is 8.10. The molecule has 1 heterocycles. The highest BCUT2D eigenvalue weighted by Gasteiger charge is 2.13. The first-order valence-electron chi connectivity index (χ1n) is 8.10. The first kappa shape index (κ1) is 20.8. The average Bonchev–Trinajstić information content (AvgIpc) is 3.00. The molecule has 0 fully saturated rings. The van der Waals surface area contributed by atoms with E-state index in [4.69, 9.17) is 14.2 Å². The number of hydrogen-bond acceptors (Lipinski definition) is 4. The highest BCUT2D eigenvalue weighted by atomic mass is 127. The summed E-state index contributed by atoms with van der Waals surface area (Å²) < 4.78 is 16.3. The molecule has 2 rings (SSSR count). The van der Waals surface area contributed by atoms with Crippen LogP contribution in [0.1, 0.15) is 25.8 Å².